The van der Waals surface area contributed by atoms with Crippen LogP contribution in [0.4, 0.5) is 0 Å². The number of esters is 1. The molecule has 0 bridgehead atoms. The third-order valence-corrected chi connectivity index (χ3v) is 7.41. The van der Waals surface area contributed by atoms with E-state index in [2.05, 4.69) is 52.3 Å². The summed E-state index contributed by atoms with van der Waals surface area (Å²) in [6.45, 7) is 9.91. The van der Waals surface area contributed by atoms with Gasteiger partial charge in [0.15, 0.2) is 0 Å². The van der Waals surface area contributed by atoms with Crippen molar-refractivity contribution in [1.29, 1.82) is 0 Å². The Hall–Kier alpha value is -4.49. The molecule has 0 aliphatic carbocycles. The summed E-state index contributed by atoms with van der Waals surface area (Å²) in [5, 5.41) is 9.41. The molecule has 4 aromatic rings. The molecule has 0 amide bonds. The number of hydrogen-bond donors (Lipinski definition) is 1. The zero-order valence-electron chi connectivity index (χ0n) is 26.8. The average molecular weight is 609 g/mol. The van der Waals surface area contributed by atoms with E-state index in [4.69, 9.17) is 9.47 Å². The maximum atomic E-state index is 12.2. The fraction of sp³-hybridized carbons (Fsp3) is 0.342. The van der Waals surface area contributed by atoms with Gasteiger partial charge in [-0.1, -0.05) is 72.8 Å². The van der Waals surface area contributed by atoms with Gasteiger partial charge in [0.25, 0.3) is 0 Å². The molecule has 0 aliphatic heterocycles. The summed E-state index contributed by atoms with van der Waals surface area (Å²) >= 11 is 0. The Morgan fingerprint density at radius 3 is 2.20 bits per heavy atom. The van der Waals surface area contributed by atoms with Gasteiger partial charge in [-0.2, -0.15) is 0 Å². The van der Waals surface area contributed by atoms with Crippen LogP contribution in [-0.4, -0.2) is 45.6 Å². The van der Waals surface area contributed by atoms with E-state index in [-0.39, 0.29) is 11.5 Å². The van der Waals surface area contributed by atoms with E-state index in [1.807, 2.05) is 57.2 Å². The van der Waals surface area contributed by atoms with E-state index in [9.17, 15) is 14.7 Å². The number of unbranched alkanes of at least 4 members (excludes halogenated alkanes) is 1. The Bertz CT molecular complexity index is 1540. The maximum absolute atomic E-state index is 12.2. The van der Waals surface area contributed by atoms with Crippen LogP contribution in [-0.2, 0) is 29.1 Å². The highest BCUT2D eigenvalue weighted by atomic mass is 16.6. The number of hydrogen-bond acceptors (Lipinski definition) is 6. The Kier molecular flexibility index (Phi) is 11.9. The average Bonchev–Trinajstić information content (AvgIpc) is 3.01. The van der Waals surface area contributed by atoms with E-state index < -0.39 is 11.6 Å². The fourth-order valence-corrected chi connectivity index (χ4v) is 5.14. The van der Waals surface area contributed by atoms with Crippen LogP contribution in [0.3, 0.4) is 0 Å². The molecule has 7 heteroatoms. The molecule has 0 aliphatic rings. The van der Waals surface area contributed by atoms with Crippen molar-refractivity contribution in [2.45, 2.75) is 72.1 Å². The summed E-state index contributed by atoms with van der Waals surface area (Å²) in [4.78, 5) is 30.6. The lowest BCUT2D eigenvalue weighted by molar-refractivity contribution is -0.154. The zero-order valence-corrected chi connectivity index (χ0v) is 26.8. The maximum Gasteiger partial charge on any atom is 0.337 e. The number of carbonyl (C=O) groups excluding carboxylic acids is 1. The first-order chi connectivity index (χ1) is 21.6. The quantitative estimate of drug-likeness (QED) is 0.108. The summed E-state index contributed by atoms with van der Waals surface area (Å²) in [6.07, 6.45) is 2.68. The minimum atomic E-state index is -0.978. The van der Waals surface area contributed by atoms with Gasteiger partial charge in [-0.25, -0.2) is 4.79 Å². The van der Waals surface area contributed by atoms with Crippen molar-refractivity contribution in [1.82, 2.24) is 9.88 Å². The molecule has 0 unspecified atom stereocenters. The predicted octanol–water partition coefficient (Wildman–Crippen LogP) is 7.89. The van der Waals surface area contributed by atoms with Gasteiger partial charge in [0.2, 0.25) is 0 Å². The molecule has 0 radical (unpaired) electrons. The van der Waals surface area contributed by atoms with Crippen LogP contribution in [0.15, 0.2) is 91.0 Å². The molecular formula is C38H44N2O5. The van der Waals surface area contributed by atoms with Gasteiger partial charge in [-0.15, -0.1) is 0 Å². The Morgan fingerprint density at radius 1 is 0.822 bits per heavy atom. The molecule has 0 spiro atoms. The molecule has 3 aromatic carbocycles. The molecule has 1 heterocycles. The first-order valence-electron chi connectivity index (χ1n) is 15.6. The molecule has 1 N–H and O–H groups in total. The van der Waals surface area contributed by atoms with Crippen molar-refractivity contribution < 1.29 is 24.2 Å². The van der Waals surface area contributed by atoms with Gasteiger partial charge >= 0.3 is 11.9 Å². The molecule has 0 saturated carbocycles. The summed E-state index contributed by atoms with van der Waals surface area (Å²) < 4.78 is 11.8. The lowest BCUT2D eigenvalue weighted by Gasteiger charge is -2.23. The highest BCUT2D eigenvalue weighted by molar-refractivity contribution is 5.88. The van der Waals surface area contributed by atoms with E-state index in [1.165, 1.54) is 11.1 Å². The number of aromatic nitrogens is 1. The Balaban J connectivity index is 1.38. The van der Waals surface area contributed by atoms with Crippen LogP contribution in [0.25, 0.3) is 11.1 Å². The van der Waals surface area contributed by atoms with Crippen LogP contribution < -0.4 is 4.74 Å². The molecule has 0 fully saturated rings. The first-order valence-corrected chi connectivity index (χ1v) is 15.6. The molecule has 45 heavy (non-hydrogen) atoms. The SMILES string of the molecule is Cc1nc(CN(CCCCC(=O)OC(C)(C)C)CCc2ccccc2OCc2ccc(-c3ccccc3)cc2)ccc1C(=O)O. The number of para-hydroxylation sites is 1. The predicted molar refractivity (Wildman–Crippen MR) is 177 cm³/mol. The normalized spacial score (nSPS) is 11.4. The molecule has 0 saturated heterocycles. The van der Waals surface area contributed by atoms with Crippen molar-refractivity contribution in [2.75, 3.05) is 13.1 Å². The second-order valence-electron chi connectivity index (χ2n) is 12.3. The Morgan fingerprint density at radius 2 is 1.51 bits per heavy atom. The van der Waals surface area contributed by atoms with Gasteiger partial charge in [-0.05, 0) is 94.0 Å². The number of benzene rings is 3. The highest BCUT2D eigenvalue weighted by Gasteiger charge is 2.17. The first kappa shape index (κ1) is 33.4. The van der Waals surface area contributed by atoms with E-state index in [1.54, 1.807) is 19.1 Å². The van der Waals surface area contributed by atoms with Crippen LogP contribution in [0.1, 0.15) is 72.9 Å². The summed E-state index contributed by atoms with van der Waals surface area (Å²) in [7, 11) is 0. The van der Waals surface area contributed by atoms with Crippen LogP contribution in [0.5, 0.6) is 5.75 Å². The van der Waals surface area contributed by atoms with Crippen LogP contribution >= 0.6 is 0 Å². The van der Waals surface area contributed by atoms with Crippen molar-refractivity contribution in [3.05, 3.63) is 119 Å². The number of aryl methyl sites for hydroxylation is 1. The molecule has 236 valence electrons. The second kappa shape index (κ2) is 16.0. The second-order valence-corrected chi connectivity index (χ2v) is 12.3. The van der Waals surface area contributed by atoms with Gasteiger partial charge in [0, 0.05) is 19.5 Å². The smallest absolute Gasteiger partial charge is 0.337 e. The zero-order chi connectivity index (χ0) is 32.2. The van der Waals surface area contributed by atoms with E-state index >= 15 is 0 Å². The summed E-state index contributed by atoms with van der Waals surface area (Å²) in [6, 6.07) is 30.3. The number of aromatic carboxylic acids is 1. The van der Waals surface area contributed by atoms with E-state index in [0.717, 1.165) is 54.9 Å². The van der Waals surface area contributed by atoms with Crippen molar-refractivity contribution in [3.8, 4) is 16.9 Å². The monoisotopic (exact) mass is 608 g/mol. The van der Waals surface area contributed by atoms with Crippen LogP contribution in [0.2, 0.25) is 0 Å². The third-order valence-electron chi connectivity index (χ3n) is 7.41. The minimum absolute atomic E-state index is 0.184. The van der Waals surface area contributed by atoms with Gasteiger partial charge in [-0.3, -0.25) is 14.7 Å². The lowest BCUT2D eigenvalue weighted by Crippen LogP contribution is -2.28. The van der Waals surface area contributed by atoms with Crippen molar-refractivity contribution in [3.63, 3.8) is 0 Å². The minimum Gasteiger partial charge on any atom is -0.489 e. The topological polar surface area (TPSA) is 89.0 Å². The summed E-state index contributed by atoms with van der Waals surface area (Å²) in [5.41, 5.74) is 5.61. The number of carboxylic acids is 1. The number of pyridine rings is 1. The summed E-state index contributed by atoms with van der Waals surface area (Å²) in [5.74, 6) is -0.306. The number of carboxylic acid groups (broad SMARTS) is 1. The molecular weight excluding hydrogens is 564 g/mol. The fourth-order valence-electron chi connectivity index (χ4n) is 5.14. The van der Waals surface area contributed by atoms with Gasteiger partial charge < -0.3 is 14.6 Å². The van der Waals surface area contributed by atoms with E-state index in [0.29, 0.717) is 25.3 Å². The molecule has 0 atom stereocenters. The van der Waals surface area contributed by atoms with Gasteiger partial charge in [0.05, 0.1) is 17.0 Å². The standard InChI is InChI=1S/C38H44N2O5/c1-28-34(37(42)43)22-21-33(39-28)26-40(24-11-10-16-36(41)45-38(2,3)4)25-23-32-14-8-9-15-35(32)44-27-29-17-19-31(20-18-29)30-12-6-5-7-13-30/h5-9,12-15,17-22H,10-11,16,23-27H2,1-4H3,(H,42,43). The number of nitrogens with zero attached hydrogens (tertiary/aromatic N) is 2. The molecule has 7 nitrogen and oxygen atoms in total. The lowest BCUT2D eigenvalue weighted by atomic mass is 10.0. The van der Waals surface area contributed by atoms with Crippen molar-refractivity contribution in [2.24, 2.45) is 0 Å². The number of rotatable bonds is 15. The third kappa shape index (κ3) is 10.9. The number of ether oxygens (including phenoxy) is 2. The number of carbonyl (C=O) groups is 2. The Labute approximate surface area is 266 Å². The largest absolute Gasteiger partial charge is 0.489 e. The highest BCUT2D eigenvalue weighted by Crippen LogP contribution is 2.23. The van der Waals surface area contributed by atoms with Gasteiger partial charge in [0.1, 0.15) is 18.0 Å². The van der Waals surface area contributed by atoms with Crippen molar-refractivity contribution >= 4 is 11.9 Å². The van der Waals surface area contributed by atoms with Crippen LogP contribution in [0, 0.1) is 6.92 Å². The molecule has 4 rings (SSSR count). The molecule has 1 aromatic heterocycles.